The second-order valence-corrected chi connectivity index (χ2v) is 7.50. The molecule has 2 aromatic heterocycles. The average molecular weight is 434 g/mol. The third-order valence-electron chi connectivity index (χ3n) is 5.53. The maximum absolute atomic E-state index is 13.0. The van der Waals surface area contributed by atoms with Gasteiger partial charge in [-0.2, -0.15) is 0 Å². The Labute approximate surface area is 182 Å². The molecule has 0 saturated carbocycles. The minimum atomic E-state index is -0.451. The molecule has 1 aliphatic heterocycles. The highest BCUT2D eigenvalue weighted by Crippen LogP contribution is 2.37. The van der Waals surface area contributed by atoms with Gasteiger partial charge in [-0.05, 0) is 43.3 Å². The predicted molar refractivity (Wildman–Crippen MR) is 119 cm³/mol. The van der Waals surface area contributed by atoms with E-state index in [9.17, 15) is 9.59 Å². The number of nitrogens with two attached hydrogens (primary N) is 1. The van der Waals surface area contributed by atoms with Crippen molar-refractivity contribution in [1.29, 1.82) is 0 Å². The van der Waals surface area contributed by atoms with E-state index in [4.69, 9.17) is 24.9 Å². The Balaban J connectivity index is 1.76. The molecule has 0 aliphatic carbocycles. The molecular formula is C23H22N4O5. The van der Waals surface area contributed by atoms with Crippen molar-refractivity contribution in [2.75, 3.05) is 26.9 Å². The number of hydrogen-bond acceptors (Lipinski definition) is 7. The molecule has 2 aromatic carbocycles. The lowest BCUT2D eigenvalue weighted by Crippen LogP contribution is -2.17. The minimum absolute atomic E-state index is 0.235. The van der Waals surface area contributed by atoms with Gasteiger partial charge in [-0.15, -0.1) is 0 Å². The first kappa shape index (κ1) is 20.1. The normalized spacial score (nSPS) is 12.9. The number of nitrogens with zero attached hydrogens (tertiary/aromatic N) is 2. The van der Waals surface area contributed by atoms with Gasteiger partial charge in [-0.25, -0.2) is 9.78 Å². The van der Waals surface area contributed by atoms with Gasteiger partial charge in [0.25, 0.3) is 5.56 Å². The van der Waals surface area contributed by atoms with E-state index in [0.717, 1.165) is 17.3 Å². The second kappa shape index (κ2) is 8.01. The van der Waals surface area contributed by atoms with E-state index in [-0.39, 0.29) is 11.3 Å². The third kappa shape index (κ3) is 3.27. The fraction of sp³-hybridized carbons (Fsp3) is 0.261. The summed E-state index contributed by atoms with van der Waals surface area (Å²) >= 11 is 0. The predicted octanol–water partition coefficient (Wildman–Crippen LogP) is 2.45. The number of benzene rings is 2. The number of aromatic amines is 1. The van der Waals surface area contributed by atoms with Gasteiger partial charge >= 0.3 is 5.97 Å². The summed E-state index contributed by atoms with van der Waals surface area (Å²) in [6.45, 7) is 2.07. The molecule has 9 nitrogen and oxygen atoms in total. The van der Waals surface area contributed by atoms with Crippen LogP contribution in [0.15, 0.2) is 41.3 Å². The number of nitrogens with one attached hydrogen (secondary N) is 1. The fourth-order valence-electron chi connectivity index (χ4n) is 4.02. The lowest BCUT2D eigenvalue weighted by atomic mass is 10.1. The van der Waals surface area contributed by atoms with Crippen LogP contribution in [0.25, 0.3) is 33.2 Å². The lowest BCUT2D eigenvalue weighted by Gasteiger charge is -2.19. The van der Waals surface area contributed by atoms with Gasteiger partial charge in [-0.3, -0.25) is 4.79 Å². The number of esters is 1. The van der Waals surface area contributed by atoms with Crippen molar-refractivity contribution in [2.45, 2.75) is 13.0 Å². The summed E-state index contributed by atoms with van der Waals surface area (Å²) in [5.74, 6) is 0.647. The quantitative estimate of drug-likeness (QED) is 0.463. The zero-order valence-corrected chi connectivity index (χ0v) is 17.5. The summed E-state index contributed by atoms with van der Waals surface area (Å²) in [7, 11) is 1.33. The van der Waals surface area contributed by atoms with Crippen molar-refractivity contribution in [3.63, 3.8) is 0 Å². The first-order valence-corrected chi connectivity index (χ1v) is 10.3. The Morgan fingerprint density at radius 1 is 1.25 bits per heavy atom. The summed E-state index contributed by atoms with van der Waals surface area (Å²) in [6, 6.07) is 8.78. The molecule has 32 heavy (non-hydrogen) atoms. The SMILES string of the molecule is COC(=O)c1ccc2c(c1)c(-c1nc3c4c(ccc3[nH]c1=O)OCCO4)cn2CCCN. The van der Waals surface area contributed by atoms with Gasteiger partial charge in [0.1, 0.15) is 24.4 Å². The molecule has 3 N–H and O–H groups in total. The van der Waals surface area contributed by atoms with Crippen LogP contribution in [0.4, 0.5) is 0 Å². The van der Waals surface area contributed by atoms with E-state index in [1.807, 2.05) is 16.8 Å². The number of methoxy groups -OCH3 is 1. The first-order valence-electron chi connectivity index (χ1n) is 10.3. The van der Waals surface area contributed by atoms with Crippen LogP contribution in [0, 0.1) is 0 Å². The van der Waals surface area contributed by atoms with Gasteiger partial charge in [0.15, 0.2) is 11.5 Å². The number of H-pyrrole nitrogens is 1. The summed E-state index contributed by atoms with van der Waals surface area (Å²) in [4.78, 5) is 32.8. The summed E-state index contributed by atoms with van der Waals surface area (Å²) in [5, 5.41) is 0.726. The lowest BCUT2D eigenvalue weighted by molar-refractivity contribution is 0.0601. The van der Waals surface area contributed by atoms with E-state index < -0.39 is 5.97 Å². The van der Waals surface area contributed by atoms with Gasteiger partial charge in [0.05, 0.1) is 18.2 Å². The number of fused-ring (bicyclic) bond motifs is 4. The third-order valence-corrected chi connectivity index (χ3v) is 5.53. The minimum Gasteiger partial charge on any atom is -0.486 e. The van der Waals surface area contributed by atoms with Crippen molar-refractivity contribution in [2.24, 2.45) is 5.73 Å². The van der Waals surface area contributed by atoms with Crippen molar-refractivity contribution in [3.05, 3.63) is 52.4 Å². The molecule has 3 heterocycles. The van der Waals surface area contributed by atoms with Gasteiger partial charge in [0.2, 0.25) is 0 Å². The highest BCUT2D eigenvalue weighted by atomic mass is 16.6. The molecule has 0 bridgehead atoms. The molecule has 4 aromatic rings. The number of carbonyl (C=O) groups excluding carboxylic acids is 1. The Morgan fingerprint density at radius 2 is 2.09 bits per heavy atom. The van der Waals surface area contributed by atoms with Crippen molar-refractivity contribution in [1.82, 2.24) is 14.5 Å². The highest BCUT2D eigenvalue weighted by Gasteiger charge is 2.21. The molecule has 0 radical (unpaired) electrons. The molecule has 0 amide bonds. The van der Waals surface area contributed by atoms with E-state index in [1.54, 1.807) is 24.3 Å². The second-order valence-electron chi connectivity index (χ2n) is 7.50. The standard InChI is InChI=1S/C23H22N4O5/c1-30-23(29)13-3-5-17-14(11-13)15(12-27(17)8-2-7-24)19-22(28)25-16-4-6-18-21(20(16)26-19)32-10-9-31-18/h3-6,11-12H,2,7-10,24H2,1H3,(H,25,28). The number of carbonyl (C=O) groups is 1. The van der Waals surface area contributed by atoms with E-state index in [0.29, 0.717) is 60.0 Å². The summed E-state index contributed by atoms with van der Waals surface area (Å²) < 4.78 is 18.3. The largest absolute Gasteiger partial charge is 0.486 e. The number of aryl methyl sites for hydroxylation is 1. The first-order chi connectivity index (χ1) is 15.6. The molecule has 0 spiro atoms. The number of hydrogen-bond donors (Lipinski definition) is 2. The van der Waals surface area contributed by atoms with Gasteiger partial charge in [-0.1, -0.05) is 0 Å². The Kier molecular flexibility index (Phi) is 5.02. The summed E-state index contributed by atoms with van der Waals surface area (Å²) in [6.07, 6.45) is 2.64. The molecule has 164 valence electrons. The van der Waals surface area contributed by atoms with Crippen LogP contribution in [0.1, 0.15) is 16.8 Å². The Bertz CT molecular complexity index is 1410. The van der Waals surface area contributed by atoms with Crippen LogP contribution in [-0.4, -0.2) is 47.4 Å². The van der Waals surface area contributed by atoms with Gasteiger partial charge < -0.3 is 29.5 Å². The van der Waals surface area contributed by atoms with Crippen LogP contribution in [0.2, 0.25) is 0 Å². The maximum atomic E-state index is 13.0. The van der Waals surface area contributed by atoms with Crippen LogP contribution in [-0.2, 0) is 11.3 Å². The molecule has 0 unspecified atom stereocenters. The molecule has 0 saturated heterocycles. The van der Waals surface area contributed by atoms with Crippen LogP contribution < -0.4 is 20.8 Å². The fourth-order valence-corrected chi connectivity index (χ4v) is 4.02. The maximum Gasteiger partial charge on any atom is 0.337 e. The molecule has 9 heteroatoms. The van der Waals surface area contributed by atoms with E-state index >= 15 is 0 Å². The average Bonchev–Trinajstić information content (AvgIpc) is 3.19. The molecular weight excluding hydrogens is 412 g/mol. The van der Waals surface area contributed by atoms with Crippen molar-refractivity contribution >= 4 is 27.9 Å². The zero-order valence-electron chi connectivity index (χ0n) is 17.5. The molecule has 5 rings (SSSR count). The Hall–Kier alpha value is -3.85. The van der Waals surface area contributed by atoms with Crippen LogP contribution in [0.5, 0.6) is 11.5 Å². The van der Waals surface area contributed by atoms with E-state index in [1.165, 1.54) is 7.11 Å². The topological polar surface area (TPSA) is 121 Å². The number of aromatic nitrogens is 3. The zero-order chi connectivity index (χ0) is 22.2. The molecule has 1 aliphatic rings. The van der Waals surface area contributed by atoms with E-state index in [2.05, 4.69) is 4.98 Å². The van der Waals surface area contributed by atoms with Crippen molar-refractivity contribution in [3.8, 4) is 22.8 Å². The van der Waals surface area contributed by atoms with Gasteiger partial charge in [0, 0.05) is 29.2 Å². The highest BCUT2D eigenvalue weighted by molar-refractivity contribution is 6.01. The smallest absolute Gasteiger partial charge is 0.337 e. The van der Waals surface area contributed by atoms with Crippen LogP contribution in [0.3, 0.4) is 0 Å². The molecule has 0 fully saturated rings. The monoisotopic (exact) mass is 434 g/mol. The van der Waals surface area contributed by atoms with Crippen molar-refractivity contribution < 1.29 is 19.0 Å². The number of rotatable bonds is 5. The van der Waals surface area contributed by atoms with Crippen LogP contribution >= 0.6 is 0 Å². The number of ether oxygens (including phenoxy) is 3. The Morgan fingerprint density at radius 3 is 2.91 bits per heavy atom. The summed E-state index contributed by atoms with van der Waals surface area (Å²) in [5.41, 5.74) is 8.56. The molecule has 0 atom stereocenters.